The average Bonchev–Trinajstić information content (AvgIpc) is 3.03. The van der Waals surface area contributed by atoms with Gasteiger partial charge in [0.25, 0.3) is 0 Å². The van der Waals surface area contributed by atoms with Crippen molar-refractivity contribution in [3.05, 3.63) is 34.9 Å². The number of benzene rings is 1. The van der Waals surface area contributed by atoms with E-state index in [0.29, 0.717) is 11.6 Å². The van der Waals surface area contributed by atoms with Gasteiger partial charge in [-0.3, -0.25) is 4.79 Å². The van der Waals surface area contributed by atoms with Gasteiger partial charge in [0.1, 0.15) is 13.2 Å². The third-order valence-corrected chi connectivity index (χ3v) is 5.19. The van der Waals surface area contributed by atoms with Crippen LogP contribution in [0, 0.1) is 0 Å². The first-order valence-corrected chi connectivity index (χ1v) is 8.77. The molecule has 0 aromatic heterocycles. The summed E-state index contributed by atoms with van der Waals surface area (Å²) in [5.74, 6) is -0.0566. The minimum Gasteiger partial charge on any atom is -0.459 e. The van der Waals surface area contributed by atoms with Gasteiger partial charge in [-0.2, -0.15) is 0 Å². The molecule has 0 aliphatic heterocycles. The lowest BCUT2D eigenvalue weighted by Crippen LogP contribution is -3.11. The van der Waals surface area contributed by atoms with Crippen molar-refractivity contribution in [3.8, 4) is 0 Å². The Labute approximate surface area is 138 Å². The molecule has 1 aliphatic rings. The van der Waals surface area contributed by atoms with E-state index in [1.807, 2.05) is 24.3 Å². The molecule has 1 aliphatic carbocycles. The van der Waals surface area contributed by atoms with Gasteiger partial charge in [-0.15, -0.1) is 0 Å². The Morgan fingerprint density at radius 2 is 1.77 bits per heavy atom. The van der Waals surface area contributed by atoms with E-state index in [0.717, 1.165) is 50.9 Å². The maximum atomic E-state index is 12.7. The Hall–Kier alpha value is -1.06. The van der Waals surface area contributed by atoms with E-state index in [4.69, 9.17) is 16.3 Å². The van der Waals surface area contributed by atoms with Crippen LogP contribution >= 0.6 is 11.6 Å². The number of quaternary nitrogens is 1. The molecule has 3 nitrogen and oxygen atoms in total. The third kappa shape index (κ3) is 3.82. The van der Waals surface area contributed by atoms with E-state index < -0.39 is 5.41 Å². The van der Waals surface area contributed by atoms with Gasteiger partial charge < -0.3 is 9.64 Å². The van der Waals surface area contributed by atoms with Gasteiger partial charge in [-0.05, 0) is 44.4 Å². The van der Waals surface area contributed by atoms with Crippen LogP contribution in [0.2, 0.25) is 5.02 Å². The van der Waals surface area contributed by atoms with E-state index in [2.05, 4.69) is 13.8 Å². The van der Waals surface area contributed by atoms with Crippen LogP contribution in [-0.4, -0.2) is 32.2 Å². The molecular formula is C18H27ClNO2+. The topological polar surface area (TPSA) is 30.7 Å². The summed E-state index contributed by atoms with van der Waals surface area (Å²) >= 11 is 5.97. The number of hydrogen-bond acceptors (Lipinski definition) is 2. The van der Waals surface area contributed by atoms with E-state index in [-0.39, 0.29) is 5.97 Å². The van der Waals surface area contributed by atoms with E-state index in [1.54, 1.807) is 0 Å². The maximum Gasteiger partial charge on any atom is 0.316 e. The highest BCUT2D eigenvalue weighted by atomic mass is 35.5. The van der Waals surface area contributed by atoms with Gasteiger partial charge in [0.15, 0.2) is 0 Å². The molecule has 0 bridgehead atoms. The van der Waals surface area contributed by atoms with Gasteiger partial charge in [0.2, 0.25) is 0 Å². The molecule has 1 fully saturated rings. The molecule has 122 valence electrons. The third-order valence-electron chi connectivity index (χ3n) is 4.93. The number of carbonyl (C=O) groups excluding carboxylic acids is 1. The smallest absolute Gasteiger partial charge is 0.316 e. The first-order valence-electron chi connectivity index (χ1n) is 8.39. The average molecular weight is 325 g/mol. The highest BCUT2D eigenvalue weighted by Gasteiger charge is 2.44. The fourth-order valence-electron chi connectivity index (χ4n) is 3.39. The standard InChI is InChI=1S/C18H26ClNO2/c1-3-20(4-2)13-14-22-17(21)18(11-5-6-12-18)15-7-9-16(19)10-8-15/h7-10H,3-6,11-14H2,1-2H3/p+1. The van der Waals surface area contributed by atoms with E-state index >= 15 is 0 Å². The Kier molecular flexibility index (Phi) is 6.27. The Morgan fingerprint density at radius 3 is 2.32 bits per heavy atom. The van der Waals surface area contributed by atoms with E-state index in [9.17, 15) is 4.79 Å². The van der Waals surface area contributed by atoms with Crippen LogP contribution in [0.25, 0.3) is 0 Å². The minimum atomic E-state index is -0.455. The minimum absolute atomic E-state index is 0.0566. The van der Waals surface area contributed by atoms with Gasteiger partial charge in [-0.25, -0.2) is 0 Å². The van der Waals surface area contributed by atoms with Gasteiger partial charge in [0.05, 0.1) is 18.5 Å². The fraction of sp³-hybridized carbons (Fsp3) is 0.611. The van der Waals surface area contributed by atoms with Crippen LogP contribution in [0.5, 0.6) is 0 Å². The highest BCUT2D eigenvalue weighted by molar-refractivity contribution is 6.30. The molecule has 0 saturated heterocycles. The van der Waals surface area contributed by atoms with Crippen molar-refractivity contribution in [3.63, 3.8) is 0 Å². The molecule has 0 unspecified atom stereocenters. The summed E-state index contributed by atoms with van der Waals surface area (Å²) in [5.41, 5.74) is 0.595. The molecule has 0 atom stereocenters. The number of hydrogen-bond donors (Lipinski definition) is 1. The molecule has 0 heterocycles. The monoisotopic (exact) mass is 324 g/mol. The Morgan fingerprint density at radius 1 is 1.18 bits per heavy atom. The largest absolute Gasteiger partial charge is 0.459 e. The first-order chi connectivity index (χ1) is 10.6. The zero-order valence-electron chi connectivity index (χ0n) is 13.7. The molecule has 0 radical (unpaired) electrons. The van der Waals surface area contributed by atoms with Crippen molar-refractivity contribution >= 4 is 17.6 Å². The van der Waals surface area contributed by atoms with Crippen molar-refractivity contribution in [1.29, 1.82) is 0 Å². The maximum absolute atomic E-state index is 12.7. The molecule has 1 aromatic rings. The quantitative estimate of drug-likeness (QED) is 0.782. The molecule has 22 heavy (non-hydrogen) atoms. The fourth-order valence-corrected chi connectivity index (χ4v) is 3.51. The first kappa shape index (κ1) is 17.3. The summed E-state index contributed by atoms with van der Waals surface area (Å²) in [6.07, 6.45) is 3.93. The van der Waals surface area contributed by atoms with Crippen LogP contribution in [0.1, 0.15) is 45.1 Å². The Bertz CT molecular complexity index is 476. The zero-order chi connectivity index (χ0) is 16.0. The number of halogens is 1. The van der Waals surface area contributed by atoms with Crippen molar-refractivity contribution in [2.45, 2.75) is 44.9 Å². The van der Waals surface area contributed by atoms with Crippen molar-refractivity contribution < 1.29 is 14.4 Å². The Balaban J connectivity index is 2.04. The van der Waals surface area contributed by atoms with Crippen LogP contribution in [0.4, 0.5) is 0 Å². The number of nitrogens with one attached hydrogen (secondary N) is 1. The molecule has 1 N–H and O–H groups in total. The second-order valence-corrected chi connectivity index (χ2v) is 6.58. The molecule has 1 saturated carbocycles. The number of carbonyl (C=O) groups is 1. The summed E-state index contributed by atoms with van der Waals surface area (Å²) in [6, 6.07) is 7.68. The predicted molar refractivity (Wildman–Crippen MR) is 89.5 cm³/mol. The predicted octanol–water partition coefficient (Wildman–Crippen LogP) is 2.62. The SMILES string of the molecule is CC[NH+](CC)CCOC(=O)C1(c2ccc(Cl)cc2)CCCC1. The summed E-state index contributed by atoms with van der Waals surface area (Å²) in [7, 11) is 0. The zero-order valence-corrected chi connectivity index (χ0v) is 14.4. The van der Waals surface area contributed by atoms with Crippen molar-refractivity contribution in [2.24, 2.45) is 0 Å². The van der Waals surface area contributed by atoms with Crippen LogP contribution in [-0.2, 0) is 14.9 Å². The summed E-state index contributed by atoms with van der Waals surface area (Å²) in [6.45, 7) is 7.84. The van der Waals surface area contributed by atoms with Crippen molar-refractivity contribution in [1.82, 2.24) is 0 Å². The lowest BCUT2D eigenvalue weighted by atomic mass is 9.79. The molecule has 0 spiro atoms. The van der Waals surface area contributed by atoms with Crippen LogP contribution in [0.3, 0.4) is 0 Å². The lowest BCUT2D eigenvalue weighted by molar-refractivity contribution is -0.896. The number of likely N-dealkylation sites (N-methyl/N-ethyl adjacent to an activating group) is 1. The molecule has 4 heteroatoms. The normalized spacial score (nSPS) is 16.9. The van der Waals surface area contributed by atoms with Gasteiger partial charge in [-0.1, -0.05) is 36.6 Å². The van der Waals surface area contributed by atoms with Crippen molar-refractivity contribution in [2.75, 3.05) is 26.2 Å². The molecule has 1 aromatic carbocycles. The lowest BCUT2D eigenvalue weighted by Gasteiger charge is -2.27. The number of rotatable bonds is 7. The second kappa shape index (κ2) is 7.98. The van der Waals surface area contributed by atoms with Crippen LogP contribution in [0.15, 0.2) is 24.3 Å². The van der Waals surface area contributed by atoms with Crippen LogP contribution < -0.4 is 4.90 Å². The summed E-state index contributed by atoms with van der Waals surface area (Å²) in [5, 5.41) is 0.704. The second-order valence-electron chi connectivity index (χ2n) is 6.14. The summed E-state index contributed by atoms with van der Waals surface area (Å²) < 4.78 is 5.66. The number of ether oxygens (including phenoxy) is 1. The molecular weight excluding hydrogens is 298 g/mol. The molecule has 0 amide bonds. The highest BCUT2D eigenvalue weighted by Crippen LogP contribution is 2.42. The summed E-state index contributed by atoms with van der Waals surface area (Å²) in [4.78, 5) is 14.2. The molecule has 2 rings (SSSR count). The van der Waals surface area contributed by atoms with Gasteiger partial charge in [0, 0.05) is 5.02 Å². The van der Waals surface area contributed by atoms with Gasteiger partial charge >= 0.3 is 5.97 Å². The number of esters is 1. The van der Waals surface area contributed by atoms with E-state index in [1.165, 1.54) is 4.90 Å².